The lowest BCUT2D eigenvalue weighted by Crippen LogP contribution is -2.41. The van der Waals surface area contributed by atoms with Gasteiger partial charge in [0.05, 0.1) is 36.6 Å². The third-order valence-electron chi connectivity index (χ3n) is 5.70. The van der Waals surface area contributed by atoms with Crippen molar-refractivity contribution in [2.75, 3.05) is 26.4 Å². The summed E-state index contributed by atoms with van der Waals surface area (Å²) in [5.74, 6) is -0.362. The van der Waals surface area contributed by atoms with Gasteiger partial charge >= 0.3 is 5.97 Å². The normalized spacial score (nSPS) is 15.4. The number of carbonyl (C=O) groups excluding carboxylic acids is 1. The molecule has 0 fully saturated rings. The molecule has 0 bridgehead atoms. The Morgan fingerprint density at radius 2 is 1.52 bits per heavy atom. The average Bonchev–Trinajstić information content (AvgIpc) is 2.63. The van der Waals surface area contributed by atoms with E-state index in [4.69, 9.17) is 24.7 Å². The molecule has 0 saturated heterocycles. The van der Waals surface area contributed by atoms with Crippen LogP contribution in [0, 0.1) is 5.41 Å². The van der Waals surface area contributed by atoms with E-state index in [1.165, 1.54) is 0 Å². The third kappa shape index (κ3) is 15.0. The molecule has 0 aromatic rings. The van der Waals surface area contributed by atoms with E-state index in [1.54, 1.807) is 13.8 Å². The van der Waals surface area contributed by atoms with Gasteiger partial charge in [0.1, 0.15) is 0 Å². The minimum absolute atomic E-state index is 0.00904. The fourth-order valence-electron chi connectivity index (χ4n) is 3.97. The lowest BCUT2D eigenvalue weighted by Gasteiger charge is -2.36. The highest BCUT2D eigenvalue weighted by Crippen LogP contribution is 2.33. The maximum atomic E-state index is 12.5. The van der Waals surface area contributed by atoms with Gasteiger partial charge in [0.15, 0.2) is 5.60 Å². The minimum Gasteiger partial charge on any atom is -0.461 e. The van der Waals surface area contributed by atoms with Gasteiger partial charge in [-0.15, -0.1) is 0 Å². The van der Waals surface area contributed by atoms with Crippen LogP contribution in [0.3, 0.4) is 0 Å². The van der Waals surface area contributed by atoms with Crippen LogP contribution in [0.2, 0.25) is 0 Å². The highest BCUT2D eigenvalue weighted by molar-refractivity contribution is 5.78. The Labute approximate surface area is 203 Å². The standard InChI is InChI=1S/C26H53NO6/c1-20(12-11-15-27)32-22(29)26(9,10)30-17-14-24(5,6)33-21(2)18-31-25(7,8)19-23(3,4)13-16-28/h20-21,28H,11-19,27H2,1-10H3. The van der Waals surface area contributed by atoms with Crippen molar-refractivity contribution < 1.29 is 28.8 Å². The SMILES string of the molecule is CC(CCCN)OC(=O)C(C)(C)OCCC(C)(C)OC(C)COC(C)(C)CC(C)(C)CCO. The highest BCUT2D eigenvalue weighted by Gasteiger charge is 2.33. The Morgan fingerprint density at radius 1 is 0.909 bits per heavy atom. The van der Waals surface area contributed by atoms with Crippen LogP contribution < -0.4 is 5.73 Å². The summed E-state index contributed by atoms with van der Waals surface area (Å²) in [6, 6.07) is 0. The average molecular weight is 476 g/mol. The first-order chi connectivity index (χ1) is 15.0. The van der Waals surface area contributed by atoms with E-state index >= 15 is 0 Å². The van der Waals surface area contributed by atoms with Crippen LogP contribution in [-0.4, -0.2) is 66.5 Å². The maximum Gasteiger partial charge on any atom is 0.338 e. The van der Waals surface area contributed by atoms with Crippen molar-refractivity contribution in [1.29, 1.82) is 0 Å². The van der Waals surface area contributed by atoms with E-state index in [-0.39, 0.29) is 35.8 Å². The van der Waals surface area contributed by atoms with Crippen molar-refractivity contribution in [3.8, 4) is 0 Å². The van der Waals surface area contributed by atoms with Gasteiger partial charge in [0, 0.05) is 6.61 Å². The second-order valence-corrected chi connectivity index (χ2v) is 11.8. The predicted octanol–water partition coefficient (Wildman–Crippen LogP) is 4.62. The van der Waals surface area contributed by atoms with E-state index < -0.39 is 11.2 Å². The maximum absolute atomic E-state index is 12.5. The van der Waals surface area contributed by atoms with Crippen molar-refractivity contribution in [1.82, 2.24) is 0 Å². The van der Waals surface area contributed by atoms with Gasteiger partial charge in [-0.2, -0.15) is 0 Å². The van der Waals surface area contributed by atoms with Crippen LogP contribution in [0.15, 0.2) is 0 Å². The predicted molar refractivity (Wildman–Crippen MR) is 133 cm³/mol. The van der Waals surface area contributed by atoms with Crippen LogP contribution >= 0.6 is 0 Å². The van der Waals surface area contributed by atoms with Crippen LogP contribution in [-0.2, 0) is 23.7 Å². The van der Waals surface area contributed by atoms with Gasteiger partial charge in [-0.1, -0.05) is 13.8 Å². The van der Waals surface area contributed by atoms with E-state index in [9.17, 15) is 9.90 Å². The molecule has 7 heteroatoms. The first-order valence-corrected chi connectivity index (χ1v) is 12.4. The Bertz CT molecular complexity index is 559. The van der Waals surface area contributed by atoms with Gasteiger partial charge in [-0.05, 0) is 99.5 Å². The summed E-state index contributed by atoms with van der Waals surface area (Å²) < 4.78 is 23.8. The molecule has 198 valence electrons. The summed E-state index contributed by atoms with van der Waals surface area (Å²) in [4.78, 5) is 12.5. The van der Waals surface area contributed by atoms with E-state index in [0.717, 1.165) is 25.7 Å². The van der Waals surface area contributed by atoms with Crippen LogP contribution in [0.25, 0.3) is 0 Å². The fourth-order valence-corrected chi connectivity index (χ4v) is 3.97. The molecule has 0 aromatic carbocycles. The van der Waals surface area contributed by atoms with Crippen molar-refractivity contribution in [2.45, 2.75) is 130 Å². The van der Waals surface area contributed by atoms with Crippen molar-refractivity contribution in [3.63, 3.8) is 0 Å². The number of esters is 1. The highest BCUT2D eigenvalue weighted by atomic mass is 16.6. The van der Waals surface area contributed by atoms with Gasteiger partial charge < -0.3 is 29.8 Å². The summed E-state index contributed by atoms with van der Waals surface area (Å²) in [5.41, 5.74) is 3.76. The smallest absolute Gasteiger partial charge is 0.338 e. The molecule has 3 N–H and O–H groups in total. The van der Waals surface area contributed by atoms with Crippen LogP contribution in [0.4, 0.5) is 0 Å². The summed E-state index contributed by atoms with van der Waals surface area (Å²) in [6.07, 6.45) is 3.51. The quantitative estimate of drug-likeness (QED) is 0.279. The monoisotopic (exact) mass is 475 g/mol. The molecular weight excluding hydrogens is 422 g/mol. The summed E-state index contributed by atoms with van der Waals surface area (Å²) in [7, 11) is 0. The zero-order valence-electron chi connectivity index (χ0n) is 23.1. The first-order valence-electron chi connectivity index (χ1n) is 12.4. The van der Waals surface area contributed by atoms with E-state index in [1.807, 2.05) is 27.7 Å². The van der Waals surface area contributed by atoms with Crippen LogP contribution in [0.5, 0.6) is 0 Å². The summed E-state index contributed by atoms with van der Waals surface area (Å²) >= 11 is 0. The number of aliphatic hydroxyl groups is 1. The topological polar surface area (TPSA) is 100 Å². The summed E-state index contributed by atoms with van der Waals surface area (Å²) in [5, 5.41) is 9.26. The van der Waals surface area contributed by atoms with Crippen LogP contribution in [0.1, 0.15) is 101 Å². The molecule has 0 amide bonds. The number of nitrogens with two attached hydrogens (primary N) is 1. The number of aliphatic hydroxyl groups excluding tert-OH is 1. The molecule has 0 aromatic heterocycles. The molecule has 0 aliphatic carbocycles. The molecule has 7 nitrogen and oxygen atoms in total. The molecule has 0 heterocycles. The number of hydrogen-bond acceptors (Lipinski definition) is 7. The van der Waals surface area contributed by atoms with Gasteiger partial charge in [0.2, 0.25) is 0 Å². The van der Waals surface area contributed by atoms with E-state index in [0.29, 0.717) is 26.2 Å². The number of hydrogen-bond donors (Lipinski definition) is 2. The zero-order chi connectivity index (χ0) is 25.9. The third-order valence-corrected chi connectivity index (χ3v) is 5.70. The molecule has 2 atom stereocenters. The molecule has 0 radical (unpaired) electrons. The Balaban J connectivity index is 4.51. The largest absolute Gasteiger partial charge is 0.461 e. The molecular formula is C26H53NO6. The second kappa shape index (κ2) is 14.0. The lowest BCUT2D eigenvalue weighted by atomic mass is 9.79. The molecule has 0 saturated carbocycles. The van der Waals surface area contributed by atoms with Crippen molar-refractivity contribution >= 4 is 5.97 Å². The fraction of sp³-hybridized carbons (Fsp3) is 0.962. The molecule has 2 unspecified atom stereocenters. The van der Waals surface area contributed by atoms with Gasteiger partial charge in [-0.25, -0.2) is 4.79 Å². The molecule has 0 spiro atoms. The Morgan fingerprint density at radius 3 is 2.06 bits per heavy atom. The number of ether oxygens (including phenoxy) is 4. The molecule has 0 rings (SSSR count). The molecule has 0 aliphatic heterocycles. The van der Waals surface area contributed by atoms with Crippen molar-refractivity contribution in [3.05, 3.63) is 0 Å². The second-order valence-electron chi connectivity index (χ2n) is 11.8. The van der Waals surface area contributed by atoms with Crippen molar-refractivity contribution in [2.24, 2.45) is 11.1 Å². The number of rotatable bonds is 18. The Kier molecular flexibility index (Phi) is 13.7. The van der Waals surface area contributed by atoms with E-state index in [2.05, 4.69) is 27.7 Å². The lowest BCUT2D eigenvalue weighted by molar-refractivity contribution is -0.177. The zero-order valence-corrected chi connectivity index (χ0v) is 23.1. The molecule has 0 aliphatic rings. The number of carbonyl (C=O) groups is 1. The first kappa shape index (κ1) is 32.3. The minimum atomic E-state index is -1.02. The van der Waals surface area contributed by atoms with Gasteiger partial charge in [0.25, 0.3) is 0 Å². The molecule has 33 heavy (non-hydrogen) atoms. The van der Waals surface area contributed by atoms with Gasteiger partial charge in [-0.3, -0.25) is 0 Å². The summed E-state index contributed by atoms with van der Waals surface area (Å²) in [6.45, 7) is 21.4. The Hall–Kier alpha value is -0.730.